The standard InChI is InChI=1S/C15H19Cl2NO2/c16-11-6-7-13(14(17)10-11)15(20)18(8-9-19)12-4-2-1-3-5-12/h6-7,10,12,19H,1-5,8-9H2. The summed E-state index contributed by atoms with van der Waals surface area (Å²) in [5.74, 6) is -0.118. The van der Waals surface area contributed by atoms with E-state index in [2.05, 4.69) is 0 Å². The molecule has 1 aliphatic carbocycles. The molecule has 0 aliphatic heterocycles. The maximum Gasteiger partial charge on any atom is 0.255 e. The van der Waals surface area contributed by atoms with Crippen molar-refractivity contribution in [2.24, 2.45) is 0 Å². The highest BCUT2D eigenvalue weighted by Gasteiger charge is 2.26. The summed E-state index contributed by atoms with van der Waals surface area (Å²) in [6.07, 6.45) is 5.48. The molecule has 0 saturated heterocycles. The smallest absolute Gasteiger partial charge is 0.255 e. The Kier molecular flexibility index (Phi) is 5.70. The van der Waals surface area contributed by atoms with Crippen molar-refractivity contribution in [3.05, 3.63) is 33.8 Å². The Balaban J connectivity index is 2.21. The Morgan fingerprint density at radius 2 is 1.95 bits per heavy atom. The fourth-order valence-corrected chi connectivity index (χ4v) is 3.26. The normalized spacial score (nSPS) is 16.1. The lowest BCUT2D eigenvalue weighted by Gasteiger charge is -2.34. The lowest BCUT2D eigenvalue weighted by molar-refractivity contribution is 0.0585. The Labute approximate surface area is 129 Å². The summed E-state index contributed by atoms with van der Waals surface area (Å²) in [5.41, 5.74) is 0.454. The van der Waals surface area contributed by atoms with Gasteiger partial charge in [-0.05, 0) is 31.0 Å². The lowest BCUT2D eigenvalue weighted by atomic mass is 9.93. The van der Waals surface area contributed by atoms with E-state index in [-0.39, 0.29) is 18.6 Å². The fourth-order valence-electron chi connectivity index (χ4n) is 2.77. The van der Waals surface area contributed by atoms with Crippen LogP contribution in [0.1, 0.15) is 42.5 Å². The minimum atomic E-state index is -0.118. The molecule has 1 aliphatic rings. The summed E-state index contributed by atoms with van der Waals surface area (Å²) < 4.78 is 0. The fraction of sp³-hybridized carbons (Fsp3) is 0.533. The van der Waals surface area contributed by atoms with Gasteiger partial charge >= 0.3 is 0 Å². The minimum Gasteiger partial charge on any atom is -0.395 e. The number of carbonyl (C=O) groups is 1. The first-order valence-corrected chi connectivity index (χ1v) is 7.76. The Morgan fingerprint density at radius 1 is 1.25 bits per heavy atom. The van der Waals surface area contributed by atoms with E-state index >= 15 is 0 Å². The van der Waals surface area contributed by atoms with Gasteiger partial charge in [-0.3, -0.25) is 4.79 Å². The van der Waals surface area contributed by atoms with Gasteiger partial charge in [-0.1, -0.05) is 42.5 Å². The zero-order valence-corrected chi connectivity index (χ0v) is 12.8. The highest BCUT2D eigenvalue weighted by atomic mass is 35.5. The van der Waals surface area contributed by atoms with Crippen LogP contribution in [0.2, 0.25) is 10.0 Å². The second-order valence-corrected chi connectivity index (χ2v) is 5.98. The van der Waals surface area contributed by atoms with E-state index < -0.39 is 0 Å². The van der Waals surface area contributed by atoms with Gasteiger partial charge in [0.15, 0.2) is 0 Å². The maximum atomic E-state index is 12.7. The van der Waals surface area contributed by atoms with Crippen molar-refractivity contribution < 1.29 is 9.90 Å². The summed E-state index contributed by atoms with van der Waals surface area (Å²) in [6.45, 7) is 0.315. The van der Waals surface area contributed by atoms with E-state index in [9.17, 15) is 9.90 Å². The molecular formula is C15H19Cl2NO2. The largest absolute Gasteiger partial charge is 0.395 e. The predicted octanol–water partition coefficient (Wildman–Crippen LogP) is 3.76. The van der Waals surface area contributed by atoms with Crippen LogP contribution in [0.15, 0.2) is 18.2 Å². The van der Waals surface area contributed by atoms with Gasteiger partial charge in [-0.25, -0.2) is 0 Å². The molecule has 1 amide bonds. The molecule has 0 unspecified atom stereocenters. The van der Waals surface area contributed by atoms with Crippen LogP contribution in [-0.4, -0.2) is 35.1 Å². The number of halogens is 2. The second-order valence-electron chi connectivity index (χ2n) is 5.14. The van der Waals surface area contributed by atoms with Gasteiger partial charge in [0, 0.05) is 17.6 Å². The van der Waals surface area contributed by atoms with E-state index in [0.717, 1.165) is 25.7 Å². The summed E-state index contributed by atoms with van der Waals surface area (Å²) in [4.78, 5) is 14.4. The van der Waals surface area contributed by atoms with Crippen molar-refractivity contribution in [1.29, 1.82) is 0 Å². The summed E-state index contributed by atoms with van der Waals surface area (Å²) in [5, 5.41) is 10.1. The monoisotopic (exact) mass is 315 g/mol. The molecule has 0 radical (unpaired) electrons. The quantitative estimate of drug-likeness (QED) is 0.919. The first-order chi connectivity index (χ1) is 9.63. The summed E-state index contributed by atoms with van der Waals surface area (Å²) >= 11 is 12.0. The maximum absolute atomic E-state index is 12.7. The molecule has 5 heteroatoms. The number of carbonyl (C=O) groups excluding carboxylic acids is 1. The van der Waals surface area contributed by atoms with Crippen LogP contribution in [-0.2, 0) is 0 Å². The van der Waals surface area contributed by atoms with Crippen LogP contribution in [0, 0.1) is 0 Å². The van der Waals surface area contributed by atoms with Crippen molar-refractivity contribution in [2.75, 3.05) is 13.2 Å². The second kappa shape index (κ2) is 7.30. The van der Waals surface area contributed by atoms with Crippen molar-refractivity contribution in [3.63, 3.8) is 0 Å². The van der Waals surface area contributed by atoms with Crippen LogP contribution in [0.3, 0.4) is 0 Å². The Bertz CT molecular complexity index is 473. The molecule has 0 spiro atoms. The Hall–Kier alpha value is -0.770. The summed E-state index contributed by atoms with van der Waals surface area (Å²) in [7, 11) is 0. The highest BCUT2D eigenvalue weighted by Crippen LogP contribution is 2.27. The number of nitrogens with zero attached hydrogens (tertiary/aromatic N) is 1. The number of aliphatic hydroxyl groups is 1. The Morgan fingerprint density at radius 3 is 2.55 bits per heavy atom. The van der Waals surface area contributed by atoms with E-state index in [1.54, 1.807) is 23.1 Å². The molecule has 20 heavy (non-hydrogen) atoms. The van der Waals surface area contributed by atoms with Gasteiger partial charge in [-0.15, -0.1) is 0 Å². The van der Waals surface area contributed by atoms with Crippen LogP contribution in [0.25, 0.3) is 0 Å². The van der Waals surface area contributed by atoms with E-state index in [1.165, 1.54) is 6.42 Å². The van der Waals surface area contributed by atoms with Crippen LogP contribution < -0.4 is 0 Å². The zero-order chi connectivity index (χ0) is 14.5. The summed E-state index contributed by atoms with van der Waals surface area (Å²) in [6, 6.07) is 5.10. The minimum absolute atomic E-state index is 0.0343. The first-order valence-electron chi connectivity index (χ1n) is 7.00. The SMILES string of the molecule is O=C(c1ccc(Cl)cc1Cl)N(CCO)C1CCCCC1. The number of hydrogen-bond acceptors (Lipinski definition) is 2. The van der Waals surface area contributed by atoms with Gasteiger partial charge < -0.3 is 10.0 Å². The molecule has 1 aromatic rings. The van der Waals surface area contributed by atoms with Gasteiger partial charge in [0.2, 0.25) is 0 Å². The molecule has 0 bridgehead atoms. The molecule has 0 heterocycles. The predicted molar refractivity (Wildman–Crippen MR) is 81.5 cm³/mol. The highest BCUT2D eigenvalue weighted by molar-refractivity contribution is 6.36. The van der Waals surface area contributed by atoms with E-state index in [0.29, 0.717) is 22.2 Å². The number of aliphatic hydroxyl groups excluding tert-OH is 1. The average molecular weight is 316 g/mol. The average Bonchev–Trinajstić information content (AvgIpc) is 2.45. The van der Waals surface area contributed by atoms with Gasteiger partial charge in [0.05, 0.1) is 17.2 Å². The number of rotatable bonds is 4. The molecular weight excluding hydrogens is 297 g/mol. The van der Waals surface area contributed by atoms with Gasteiger partial charge in [-0.2, -0.15) is 0 Å². The molecule has 2 rings (SSSR count). The van der Waals surface area contributed by atoms with Crippen molar-refractivity contribution in [2.45, 2.75) is 38.1 Å². The van der Waals surface area contributed by atoms with Crippen molar-refractivity contribution in [3.8, 4) is 0 Å². The molecule has 1 aromatic carbocycles. The molecule has 0 atom stereocenters. The van der Waals surface area contributed by atoms with Gasteiger partial charge in [0.1, 0.15) is 0 Å². The number of hydrogen-bond donors (Lipinski definition) is 1. The number of benzene rings is 1. The zero-order valence-electron chi connectivity index (χ0n) is 11.3. The van der Waals surface area contributed by atoms with E-state index in [1.807, 2.05) is 0 Å². The third-order valence-electron chi connectivity index (χ3n) is 3.78. The molecule has 0 aromatic heterocycles. The molecule has 3 nitrogen and oxygen atoms in total. The van der Waals surface area contributed by atoms with Crippen LogP contribution in [0.5, 0.6) is 0 Å². The molecule has 1 saturated carbocycles. The molecule has 1 fully saturated rings. The third kappa shape index (κ3) is 3.66. The van der Waals surface area contributed by atoms with Crippen LogP contribution >= 0.6 is 23.2 Å². The van der Waals surface area contributed by atoms with Crippen molar-refractivity contribution in [1.82, 2.24) is 4.90 Å². The van der Waals surface area contributed by atoms with Gasteiger partial charge in [0.25, 0.3) is 5.91 Å². The molecule has 1 N–H and O–H groups in total. The van der Waals surface area contributed by atoms with Crippen molar-refractivity contribution >= 4 is 29.1 Å². The molecule has 110 valence electrons. The first kappa shape index (κ1) is 15.6. The third-order valence-corrected chi connectivity index (χ3v) is 4.33. The van der Waals surface area contributed by atoms with E-state index in [4.69, 9.17) is 23.2 Å². The lowest BCUT2D eigenvalue weighted by Crippen LogP contribution is -2.43. The van der Waals surface area contributed by atoms with Crippen LogP contribution in [0.4, 0.5) is 0 Å². The topological polar surface area (TPSA) is 40.5 Å². The number of amides is 1.